The van der Waals surface area contributed by atoms with Crippen LogP contribution in [0.2, 0.25) is 0 Å². The van der Waals surface area contributed by atoms with Crippen molar-refractivity contribution in [2.24, 2.45) is 0 Å². The number of nitrogens with one attached hydrogen (secondary N) is 1. The van der Waals surface area contributed by atoms with Crippen molar-refractivity contribution in [3.63, 3.8) is 0 Å². The first-order chi connectivity index (χ1) is 6.74. The molecule has 0 aromatic carbocycles. The number of aliphatic hydroxyl groups excluding tert-OH is 1. The normalized spacial score (nSPS) is 26.4. The van der Waals surface area contributed by atoms with E-state index < -0.39 is 0 Å². The molecule has 0 saturated carbocycles. The Hall–Kier alpha value is -0.120. The van der Waals surface area contributed by atoms with Crippen molar-refractivity contribution in [2.75, 3.05) is 26.7 Å². The van der Waals surface area contributed by atoms with Gasteiger partial charge >= 0.3 is 0 Å². The minimum absolute atomic E-state index is 0.190. The summed E-state index contributed by atoms with van der Waals surface area (Å²) in [6.07, 6.45) is 4.97. The van der Waals surface area contributed by atoms with Gasteiger partial charge in [-0.25, -0.2) is 0 Å². The van der Waals surface area contributed by atoms with E-state index in [1.54, 1.807) is 0 Å². The zero-order valence-electron chi connectivity index (χ0n) is 9.50. The van der Waals surface area contributed by atoms with Crippen LogP contribution in [0.5, 0.6) is 0 Å². The maximum Gasteiger partial charge on any atom is 0.0639 e. The van der Waals surface area contributed by atoms with E-state index in [4.69, 9.17) is 0 Å². The second kappa shape index (κ2) is 6.38. The number of likely N-dealkylation sites (tertiary alicyclic amines) is 1. The smallest absolute Gasteiger partial charge is 0.0639 e. The van der Waals surface area contributed by atoms with Crippen molar-refractivity contribution in [3.05, 3.63) is 0 Å². The van der Waals surface area contributed by atoms with Crippen LogP contribution in [0.3, 0.4) is 0 Å². The fourth-order valence-electron chi connectivity index (χ4n) is 2.28. The van der Waals surface area contributed by atoms with Crippen LogP contribution in [0.4, 0.5) is 0 Å². The quantitative estimate of drug-likeness (QED) is 0.690. The highest BCUT2D eigenvalue weighted by Gasteiger charge is 2.22. The number of aliphatic hydroxyl groups is 1. The summed E-state index contributed by atoms with van der Waals surface area (Å²) in [6.45, 7) is 4.97. The summed E-state index contributed by atoms with van der Waals surface area (Å²) in [5, 5.41) is 12.6. The molecule has 0 radical (unpaired) electrons. The van der Waals surface area contributed by atoms with Gasteiger partial charge in [-0.05, 0) is 46.3 Å². The van der Waals surface area contributed by atoms with Crippen molar-refractivity contribution >= 4 is 0 Å². The molecule has 1 aliphatic rings. The molecule has 2 N–H and O–H groups in total. The summed E-state index contributed by atoms with van der Waals surface area (Å²) in [6, 6.07) is 0.686. The van der Waals surface area contributed by atoms with Crippen LogP contribution in [0.25, 0.3) is 0 Å². The SMILES string of the molecule is CNCCC1CCCCN1CC(C)O. The first-order valence-electron chi connectivity index (χ1n) is 5.80. The van der Waals surface area contributed by atoms with Gasteiger partial charge in [-0.3, -0.25) is 4.90 Å². The van der Waals surface area contributed by atoms with E-state index in [0.717, 1.165) is 13.1 Å². The molecule has 0 aromatic rings. The lowest BCUT2D eigenvalue weighted by Gasteiger charge is -2.36. The summed E-state index contributed by atoms with van der Waals surface area (Å²) < 4.78 is 0. The van der Waals surface area contributed by atoms with Crippen LogP contribution in [0.15, 0.2) is 0 Å². The predicted molar refractivity (Wildman–Crippen MR) is 59.4 cm³/mol. The molecule has 84 valence electrons. The average molecular weight is 200 g/mol. The third kappa shape index (κ3) is 3.95. The van der Waals surface area contributed by atoms with Crippen molar-refractivity contribution in [3.8, 4) is 0 Å². The Morgan fingerprint density at radius 1 is 1.50 bits per heavy atom. The molecule has 0 spiro atoms. The number of hydrogen-bond acceptors (Lipinski definition) is 3. The monoisotopic (exact) mass is 200 g/mol. The van der Waals surface area contributed by atoms with Crippen LogP contribution >= 0.6 is 0 Å². The van der Waals surface area contributed by atoms with Crippen LogP contribution in [-0.4, -0.2) is 48.8 Å². The van der Waals surface area contributed by atoms with E-state index in [0.29, 0.717) is 6.04 Å². The molecule has 1 fully saturated rings. The lowest BCUT2D eigenvalue weighted by Crippen LogP contribution is -2.44. The van der Waals surface area contributed by atoms with Crippen LogP contribution in [0.1, 0.15) is 32.6 Å². The van der Waals surface area contributed by atoms with Gasteiger partial charge in [0.1, 0.15) is 0 Å². The van der Waals surface area contributed by atoms with E-state index >= 15 is 0 Å². The second-order valence-electron chi connectivity index (χ2n) is 4.39. The lowest BCUT2D eigenvalue weighted by atomic mass is 9.99. The highest BCUT2D eigenvalue weighted by Crippen LogP contribution is 2.19. The van der Waals surface area contributed by atoms with Crippen molar-refractivity contribution in [1.82, 2.24) is 10.2 Å². The van der Waals surface area contributed by atoms with Crippen molar-refractivity contribution in [2.45, 2.75) is 44.8 Å². The Kier molecular flexibility index (Phi) is 5.45. The van der Waals surface area contributed by atoms with E-state index in [-0.39, 0.29) is 6.10 Å². The Labute approximate surface area is 87.5 Å². The fourth-order valence-corrected chi connectivity index (χ4v) is 2.28. The molecule has 1 heterocycles. The maximum absolute atomic E-state index is 9.39. The fraction of sp³-hybridized carbons (Fsp3) is 1.00. The molecule has 3 nitrogen and oxygen atoms in total. The summed E-state index contributed by atoms with van der Waals surface area (Å²) in [5.74, 6) is 0. The molecule has 14 heavy (non-hydrogen) atoms. The Bertz CT molecular complexity index is 150. The van der Waals surface area contributed by atoms with Gasteiger partial charge in [-0.15, -0.1) is 0 Å². The number of hydrogen-bond donors (Lipinski definition) is 2. The van der Waals surface area contributed by atoms with Gasteiger partial charge in [0.15, 0.2) is 0 Å². The topological polar surface area (TPSA) is 35.5 Å². The van der Waals surface area contributed by atoms with Gasteiger partial charge in [-0.1, -0.05) is 6.42 Å². The molecule has 0 aliphatic carbocycles. The highest BCUT2D eigenvalue weighted by atomic mass is 16.3. The Morgan fingerprint density at radius 2 is 2.29 bits per heavy atom. The molecule has 1 aliphatic heterocycles. The van der Waals surface area contributed by atoms with Gasteiger partial charge in [-0.2, -0.15) is 0 Å². The molecule has 3 heteroatoms. The summed E-state index contributed by atoms with van der Waals surface area (Å²) in [7, 11) is 2.00. The third-order valence-corrected chi connectivity index (χ3v) is 2.98. The molecule has 0 bridgehead atoms. The van der Waals surface area contributed by atoms with Crippen molar-refractivity contribution in [1.29, 1.82) is 0 Å². The van der Waals surface area contributed by atoms with Gasteiger partial charge in [0.05, 0.1) is 6.10 Å². The average Bonchev–Trinajstić information content (AvgIpc) is 2.16. The zero-order chi connectivity index (χ0) is 10.4. The molecular weight excluding hydrogens is 176 g/mol. The standard InChI is InChI=1S/C11H24N2O/c1-10(14)9-13-8-4-3-5-11(13)6-7-12-2/h10-12,14H,3-9H2,1-2H3. The first kappa shape index (κ1) is 12.0. The Morgan fingerprint density at radius 3 is 2.93 bits per heavy atom. The number of nitrogens with zero attached hydrogens (tertiary/aromatic N) is 1. The van der Waals surface area contributed by atoms with E-state index in [1.165, 1.54) is 32.2 Å². The number of rotatable bonds is 5. The summed E-state index contributed by atoms with van der Waals surface area (Å²) in [5.41, 5.74) is 0. The third-order valence-electron chi connectivity index (χ3n) is 2.98. The molecule has 0 aromatic heterocycles. The molecule has 1 saturated heterocycles. The van der Waals surface area contributed by atoms with Crippen LogP contribution < -0.4 is 5.32 Å². The highest BCUT2D eigenvalue weighted by molar-refractivity contribution is 4.78. The molecule has 2 unspecified atom stereocenters. The first-order valence-corrected chi connectivity index (χ1v) is 5.80. The van der Waals surface area contributed by atoms with E-state index in [9.17, 15) is 5.11 Å². The molecule has 2 atom stereocenters. The largest absolute Gasteiger partial charge is 0.392 e. The van der Waals surface area contributed by atoms with Crippen molar-refractivity contribution < 1.29 is 5.11 Å². The molecule has 1 rings (SSSR count). The minimum atomic E-state index is -0.190. The second-order valence-corrected chi connectivity index (χ2v) is 4.39. The minimum Gasteiger partial charge on any atom is -0.392 e. The van der Waals surface area contributed by atoms with Gasteiger partial charge in [0.25, 0.3) is 0 Å². The number of piperidine rings is 1. The van der Waals surface area contributed by atoms with Crippen LogP contribution in [-0.2, 0) is 0 Å². The van der Waals surface area contributed by atoms with Gasteiger partial charge < -0.3 is 10.4 Å². The molecular formula is C11H24N2O. The number of β-amino-alcohol motifs (C(OH)–C–C–N with tert-alkyl or cyclic N) is 1. The summed E-state index contributed by atoms with van der Waals surface area (Å²) in [4.78, 5) is 2.45. The maximum atomic E-state index is 9.39. The predicted octanol–water partition coefficient (Wildman–Crippen LogP) is 0.831. The van der Waals surface area contributed by atoms with E-state index in [2.05, 4.69) is 10.2 Å². The van der Waals surface area contributed by atoms with Gasteiger partial charge in [0.2, 0.25) is 0 Å². The zero-order valence-corrected chi connectivity index (χ0v) is 9.50. The molecule has 0 amide bonds. The summed E-state index contributed by atoms with van der Waals surface area (Å²) >= 11 is 0. The van der Waals surface area contributed by atoms with Gasteiger partial charge in [0, 0.05) is 12.6 Å². The lowest BCUT2D eigenvalue weighted by molar-refractivity contribution is 0.0731. The Balaban J connectivity index is 2.33. The van der Waals surface area contributed by atoms with Crippen LogP contribution in [0, 0.1) is 0 Å². The van der Waals surface area contributed by atoms with E-state index in [1.807, 2.05) is 14.0 Å².